The van der Waals surface area contributed by atoms with Crippen molar-refractivity contribution in [2.75, 3.05) is 0 Å². The SMILES string of the molecule is O=C(O)[C@@H]1C[C@@]1(Br)C(=O)O. The lowest BCUT2D eigenvalue weighted by Gasteiger charge is -1.97. The van der Waals surface area contributed by atoms with Crippen molar-refractivity contribution >= 4 is 27.9 Å². The van der Waals surface area contributed by atoms with Crippen molar-refractivity contribution < 1.29 is 19.8 Å². The predicted octanol–water partition coefficient (Wildman–Crippen LogP) is 0.309. The van der Waals surface area contributed by atoms with Crippen LogP contribution in [-0.4, -0.2) is 26.5 Å². The quantitative estimate of drug-likeness (QED) is 0.641. The van der Waals surface area contributed by atoms with Gasteiger partial charge in [0.2, 0.25) is 0 Å². The second-order valence-corrected chi connectivity index (χ2v) is 3.68. The Morgan fingerprint density at radius 2 is 2.00 bits per heavy atom. The summed E-state index contributed by atoms with van der Waals surface area (Å²) in [5, 5.41) is 16.8. The summed E-state index contributed by atoms with van der Waals surface area (Å²) >= 11 is 2.84. The average Bonchev–Trinajstić information content (AvgIpc) is 2.43. The fourth-order valence-electron chi connectivity index (χ4n) is 0.758. The largest absolute Gasteiger partial charge is 0.481 e. The van der Waals surface area contributed by atoms with E-state index in [1.807, 2.05) is 0 Å². The van der Waals surface area contributed by atoms with Crippen molar-refractivity contribution in [3.05, 3.63) is 0 Å². The highest BCUT2D eigenvalue weighted by atomic mass is 79.9. The first kappa shape index (κ1) is 7.53. The number of rotatable bonds is 2. The lowest BCUT2D eigenvalue weighted by atomic mass is 10.3. The van der Waals surface area contributed by atoms with Crippen LogP contribution in [0.25, 0.3) is 0 Å². The summed E-state index contributed by atoms with van der Waals surface area (Å²) in [5.41, 5.74) is 0. The highest BCUT2D eigenvalue weighted by molar-refractivity contribution is 9.10. The molecule has 0 aromatic rings. The van der Waals surface area contributed by atoms with Crippen LogP contribution in [0.5, 0.6) is 0 Å². The molecule has 0 aliphatic heterocycles. The van der Waals surface area contributed by atoms with Crippen molar-refractivity contribution in [2.24, 2.45) is 5.92 Å². The maximum Gasteiger partial charge on any atom is 0.321 e. The van der Waals surface area contributed by atoms with Crippen LogP contribution in [0.3, 0.4) is 0 Å². The molecule has 0 aromatic carbocycles. The Balaban J connectivity index is 2.65. The van der Waals surface area contributed by atoms with Gasteiger partial charge in [-0.15, -0.1) is 0 Å². The van der Waals surface area contributed by atoms with Gasteiger partial charge in [-0.25, -0.2) is 0 Å². The van der Waals surface area contributed by atoms with Gasteiger partial charge in [-0.05, 0) is 6.42 Å². The number of halogens is 1. The molecule has 5 heteroatoms. The Kier molecular flexibility index (Phi) is 1.47. The third-order valence-electron chi connectivity index (χ3n) is 1.55. The van der Waals surface area contributed by atoms with Gasteiger partial charge in [-0.3, -0.25) is 9.59 Å². The van der Waals surface area contributed by atoms with Crippen LogP contribution in [-0.2, 0) is 9.59 Å². The van der Waals surface area contributed by atoms with E-state index in [1.54, 1.807) is 0 Å². The Hall–Kier alpha value is -0.580. The van der Waals surface area contributed by atoms with E-state index >= 15 is 0 Å². The third-order valence-corrected chi connectivity index (χ3v) is 2.76. The number of hydrogen-bond donors (Lipinski definition) is 2. The topological polar surface area (TPSA) is 74.6 Å². The average molecular weight is 209 g/mol. The van der Waals surface area contributed by atoms with E-state index < -0.39 is 22.2 Å². The number of carboxylic acid groups (broad SMARTS) is 2. The monoisotopic (exact) mass is 208 g/mol. The van der Waals surface area contributed by atoms with Crippen molar-refractivity contribution in [3.8, 4) is 0 Å². The number of carboxylic acids is 2. The Labute approximate surface area is 65.0 Å². The van der Waals surface area contributed by atoms with E-state index in [0.717, 1.165) is 0 Å². The first-order valence-corrected chi connectivity index (χ1v) is 3.43. The molecule has 1 aliphatic carbocycles. The standard InChI is InChI=1S/C5H5BrO4/c6-5(4(9)10)1-2(5)3(7)8/h2H,1H2,(H,7,8)(H,9,10)/t2-,5-/m0/s1. The minimum atomic E-state index is -1.18. The lowest BCUT2D eigenvalue weighted by Crippen LogP contribution is -2.20. The molecular weight excluding hydrogens is 204 g/mol. The van der Waals surface area contributed by atoms with Crippen molar-refractivity contribution in [3.63, 3.8) is 0 Å². The van der Waals surface area contributed by atoms with Gasteiger partial charge in [0, 0.05) is 0 Å². The van der Waals surface area contributed by atoms with E-state index in [0.29, 0.717) is 0 Å². The van der Waals surface area contributed by atoms with Gasteiger partial charge in [0.25, 0.3) is 0 Å². The maximum atomic E-state index is 10.3. The molecular formula is C5H5BrO4. The molecule has 0 saturated heterocycles. The highest BCUT2D eigenvalue weighted by Crippen LogP contribution is 2.51. The van der Waals surface area contributed by atoms with Gasteiger partial charge in [-0.1, -0.05) is 15.9 Å². The summed E-state index contributed by atoms with van der Waals surface area (Å²) < 4.78 is -1.18. The molecule has 10 heavy (non-hydrogen) atoms. The lowest BCUT2D eigenvalue weighted by molar-refractivity contribution is -0.143. The fraction of sp³-hybridized carbons (Fsp3) is 0.600. The molecule has 1 fully saturated rings. The van der Waals surface area contributed by atoms with Gasteiger partial charge in [-0.2, -0.15) is 0 Å². The zero-order chi connectivity index (χ0) is 7.94. The van der Waals surface area contributed by atoms with Crippen LogP contribution in [0.4, 0.5) is 0 Å². The summed E-state index contributed by atoms with van der Waals surface area (Å²) in [5.74, 6) is -2.91. The molecule has 0 unspecified atom stereocenters. The van der Waals surface area contributed by atoms with Gasteiger partial charge in [0.15, 0.2) is 0 Å². The molecule has 2 N–H and O–H groups in total. The van der Waals surface area contributed by atoms with Gasteiger partial charge in [0.05, 0.1) is 5.92 Å². The number of carbonyl (C=O) groups is 2. The first-order valence-electron chi connectivity index (χ1n) is 2.63. The van der Waals surface area contributed by atoms with Crippen molar-refractivity contribution in [1.29, 1.82) is 0 Å². The Morgan fingerprint density at radius 3 is 2.10 bits per heavy atom. The van der Waals surface area contributed by atoms with Crippen molar-refractivity contribution in [1.82, 2.24) is 0 Å². The minimum Gasteiger partial charge on any atom is -0.481 e. The maximum absolute atomic E-state index is 10.3. The second-order valence-electron chi connectivity index (χ2n) is 2.26. The summed E-state index contributed by atoms with van der Waals surface area (Å²) in [6.07, 6.45) is 0.178. The molecule has 1 aliphatic rings. The molecule has 1 saturated carbocycles. The highest BCUT2D eigenvalue weighted by Gasteiger charge is 2.63. The summed E-state index contributed by atoms with van der Waals surface area (Å²) in [7, 11) is 0. The van der Waals surface area contributed by atoms with E-state index in [-0.39, 0.29) is 6.42 Å². The fourth-order valence-corrected chi connectivity index (χ4v) is 1.28. The predicted molar refractivity (Wildman–Crippen MR) is 35.0 cm³/mol. The van der Waals surface area contributed by atoms with Crippen LogP contribution in [0.15, 0.2) is 0 Å². The first-order chi connectivity index (χ1) is 4.48. The number of hydrogen-bond acceptors (Lipinski definition) is 2. The third kappa shape index (κ3) is 0.901. The number of alkyl halides is 1. The second kappa shape index (κ2) is 1.95. The number of aliphatic carboxylic acids is 2. The van der Waals surface area contributed by atoms with Gasteiger partial charge < -0.3 is 10.2 Å². The molecule has 56 valence electrons. The summed E-state index contributed by atoms with van der Waals surface area (Å²) in [6.45, 7) is 0. The van der Waals surface area contributed by atoms with Crippen LogP contribution in [0.1, 0.15) is 6.42 Å². The van der Waals surface area contributed by atoms with E-state index in [1.165, 1.54) is 0 Å². The van der Waals surface area contributed by atoms with Gasteiger partial charge >= 0.3 is 11.9 Å². The van der Waals surface area contributed by atoms with Crippen molar-refractivity contribution in [2.45, 2.75) is 10.7 Å². The van der Waals surface area contributed by atoms with Gasteiger partial charge in [0.1, 0.15) is 4.32 Å². The normalized spacial score (nSPS) is 37.1. The summed E-state index contributed by atoms with van der Waals surface area (Å²) in [4.78, 5) is 20.5. The molecule has 0 amide bonds. The molecule has 0 aromatic heterocycles. The van der Waals surface area contributed by atoms with E-state index in [4.69, 9.17) is 10.2 Å². The molecule has 0 spiro atoms. The molecule has 4 nitrogen and oxygen atoms in total. The van der Waals surface area contributed by atoms with E-state index in [9.17, 15) is 9.59 Å². The van der Waals surface area contributed by atoms with E-state index in [2.05, 4.69) is 15.9 Å². The van der Waals surface area contributed by atoms with Crippen LogP contribution in [0.2, 0.25) is 0 Å². The minimum absolute atomic E-state index is 0.178. The Bertz CT molecular complexity index is 202. The molecule has 2 atom stereocenters. The van der Waals surface area contributed by atoms with Crippen LogP contribution in [0, 0.1) is 5.92 Å². The molecule has 0 heterocycles. The zero-order valence-electron chi connectivity index (χ0n) is 4.87. The zero-order valence-corrected chi connectivity index (χ0v) is 6.46. The van der Waals surface area contributed by atoms with Crippen LogP contribution >= 0.6 is 15.9 Å². The smallest absolute Gasteiger partial charge is 0.321 e. The Morgan fingerprint density at radius 1 is 1.50 bits per heavy atom. The van der Waals surface area contributed by atoms with Crippen LogP contribution < -0.4 is 0 Å². The molecule has 0 radical (unpaired) electrons. The molecule has 1 rings (SSSR count). The molecule has 0 bridgehead atoms. The summed E-state index contributed by atoms with van der Waals surface area (Å²) in [6, 6.07) is 0.